The van der Waals surface area contributed by atoms with Gasteiger partial charge < -0.3 is 35.7 Å². The van der Waals surface area contributed by atoms with E-state index in [9.17, 15) is 14.7 Å². The Morgan fingerprint density at radius 3 is 2.47 bits per heavy atom. The summed E-state index contributed by atoms with van der Waals surface area (Å²) in [5.41, 5.74) is 8.45. The largest absolute Gasteiger partial charge is 0.504 e. The van der Waals surface area contributed by atoms with Crippen molar-refractivity contribution in [2.24, 2.45) is 5.73 Å². The molecule has 1 heterocycles. The van der Waals surface area contributed by atoms with Gasteiger partial charge in [0.15, 0.2) is 11.5 Å². The van der Waals surface area contributed by atoms with Gasteiger partial charge in [-0.05, 0) is 41.4 Å². The lowest BCUT2D eigenvalue weighted by Gasteiger charge is -2.15. The predicted molar refractivity (Wildman–Crippen MR) is 130 cm³/mol. The summed E-state index contributed by atoms with van der Waals surface area (Å²) in [6, 6.07) is 7.57. The summed E-state index contributed by atoms with van der Waals surface area (Å²) in [5.74, 6) is 0.120. The number of phenolic OH excluding ortho intramolecular Hbond substituents is 1. The number of ether oxygens (including phenoxy) is 3. The number of aromatic nitrogens is 1. The zero-order chi connectivity index (χ0) is 24.8. The molecule has 2 amide bonds. The molecule has 11 heteroatoms. The van der Waals surface area contributed by atoms with Crippen LogP contribution < -0.4 is 30.6 Å². The van der Waals surface area contributed by atoms with Crippen LogP contribution >= 0.6 is 11.5 Å². The van der Waals surface area contributed by atoms with Crippen molar-refractivity contribution in [1.29, 1.82) is 0 Å². The standard InChI is InChI=1S/C23H26N4O6S/c1-25-20(29)10-15(24)23(30)27-16-7-12(5-6-18(16)31-2)14-11-26-34-22(14)13-8-17(28)21(33-4)19(9-13)32-3/h5-9,11,15,28H,10,24H2,1-4H3,(H,25,29)(H,27,30)/t15-/m1/s1. The molecule has 1 atom stereocenters. The molecule has 5 N–H and O–H groups in total. The number of carbonyl (C=O) groups excluding carboxylic acids is 2. The van der Waals surface area contributed by atoms with Gasteiger partial charge in [-0.1, -0.05) is 6.07 Å². The molecule has 0 aliphatic heterocycles. The molecule has 0 radical (unpaired) electrons. The predicted octanol–water partition coefficient (Wildman–Crippen LogP) is 2.61. The minimum absolute atomic E-state index is 0.0658. The van der Waals surface area contributed by atoms with Crippen LogP contribution in [0, 0.1) is 0 Å². The molecule has 1 aromatic heterocycles. The number of methoxy groups -OCH3 is 3. The minimum atomic E-state index is -1.03. The van der Waals surface area contributed by atoms with Gasteiger partial charge in [-0.3, -0.25) is 9.59 Å². The third kappa shape index (κ3) is 5.21. The number of hydrogen-bond donors (Lipinski definition) is 4. The van der Waals surface area contributed by atoms with E-state index in [-0.39, 0.29) is 23.8 Å². The molecule has 180 valence electrons. The molecule has 34 heavy (non-hydrogen) atoms. The number of nitrogens with zero attached hydrogens (tertiary/aromatic N) is 1. The first kappa shape index (κ1) is 24.8. The highest BCUT2D eigenvalue weighted by atomic mass is 32.1. The van der Waals surface area contributed by atoms with Gasteiger partial charge in [0.2, 0.25) is 17.6 Å². The van der Waals surface area contributed by atoms with Gasteiger partial charge in [0, 0.05) is 24.4 Å². The highest BCUT2D eigenvalue weighted by molar-refractivity contribution is 7.10. The molecular weight excluding hydrogens is 460 g/mol. The Hall–Kier alpha value is -3.83. The lowest BCUT2D eigenvalue weighted by molar-refractivity contribution is -0.124. The SMILES string of the molecule is CNC(=O)C[C@@H](N)C(=O)Nc1cc(-c2cnsc2-c2cc(O)c(OC)c(OC)c2)ccc1OC. The van der Waals surface area contributed by atoms with Crippen LogP contribution in [0.4, 0.5) is 5.69 Å². The van der Waals surface area contributed by atoms with Gasteiger partial charge in [0.1, 0.15) is 5.75 Å². The summed E-state index contributed by atoms with van der Waals surface area (Å²) in [6.45, 7) is 0. The van der Waals surface area contributed by atoms with E-state index in [1.807, 2.05) is 6.07 Å². The Labute approximate surface area is 200 Å². The number of nitrogens with one attached hydrogen (secondary N) is 2. The number of rotatable bonds is 9. The van der Waals surface area contributed by atoms with Crippen molar-refractivity contribution < 1.29 is 28.9 Å². The van der Waals surface area contributed by atoms with E-state index in [0.717, 1.165) is 16.0 Å². The van der Waals surface area contributed by atoms with Crippen LogP contribution in [0.2, 0.25) is 0 Å². The molecule has 0 fully saturated rings. The third-order valence-electron chi connectivity index (χ3n) is 5.08. The third-order valence-corrected chi connectivity index (χ3v) is 5.93. The van der Waals surface area contributed by atoms with Crippen LogP contribution in [-0.4, -0.2) is 55.7 Å². The smallest absolute Gasteiger partial charge is 0.241 e. The maximum absolute atomic E-state index is 12.6. The van der Waals surface area contributed by atoms with E-state index in [1.165, 1.54) is 39.9 Å². The minimum Gasteiger partial charge on any atom is -0.504 e. The average Bonchev–Trinajstić information content (AvgIpc) is 3.33. The Bertz CT molecular complexity index is 1200. The summed E-state index contributed by atoms with van der Waals surface area (Å²) >= 11 is 1.24. The number of nitrogens with two attached hydrogens (primary N) is 1. The average molecular weight is 487 g/mol. The molecule has 0 spiro atoms. The summed E-state index contributed by atoms with van der Waals surface area (Å²) in [7, 11) is 5.90. The number of phenols is 1. The van der Waals surface area contributed by atoms with E-state index in [1.54, 1.807) is 30.5 Å². The fourth-order valence-corrected chi connectivity index (χ4v) is 4.08. The molecule has 10 nitrogen and oxygen atoms in total. The molecule has 0 saturated heterocycles. The second-order valence-corrected chi connectivity index (χ2v) is 7.99. The van der Waals surface area contributed by atoms with Crippen molar-refractivity contribution in [3.63, 3.8) is 0 Å². The Morgan fingerprint density at radius 1 is 1.09 bits per heavy atom. The van der Waals surface area contributed by atoms with Crippen molar-refractivity contribution in [2.45, 2.75) is 12.5 Å². The summed E-state index contributed by atoms with van der Waals surface area (Å²) < 4.78 is 20.2. The van der Waals surface area contributed by atoms with Crippen LogP contribution in [0.15, 0.2) is 36.5 Å². The molecule has 0 bridgehead atoms. The van der Waals surface area contributed by atoms with Gasteiger partial charge in [0.05, 0.1) is 44.4 Å². The number of anilines is 1. The van der Waals surface area contributed by atoms with E-state index >= 15 is 0 Å². The van der Waals surface area contributed by atoms with Crippen LogP contribution in [0.1, 0.15) is 6.42 Å². The van der Waals surface area contributed by atoms with Crippen LogP contribution in [0.5, 0.6) is 23.0 Å². The summed E-state index contributed by atoms with van der Waals surface area (Å²) in [4.78, 5) is 24.9. The first-order valence-electron chi connectivity index (χ1n) is 10.2. The van der Waals surface area contributed by atoms with Crippen molar-refractivity contribution in [3.8, 4) is 44.6 Å². The normalized spacial score (nSPS) is 11.4. The van der Waals surface area contributed by atoms with Gasteiger partial charge >= 0.3 is 0 Å². The number of amides is 2. The van der Waals surface area contributed by atoms with Crippen LogP contribution in [0.25, 0.3) is 21.6 Å². The van der Waals surface area contributed by atoms with Gasteiger partial charge in [-0.2, -0.15) is 4.37 Å². The molecular formula is C23H26N4O6S. The van der Waals surface area contributed by atoms with Crippen molar-refractivity contribution in [1.82, 2.24) is 9.69 Å². The zero-order valence-corrected chi connectivity index (χ0v) is 20.0. The molecule has 0 saturated carbocycles. The summed E-state index contributed by atoms with van der Waals surface area (Å²) in [5, 5.41) is 15.6. The maximum Gasteiger partial charge on any atom is 0.241 e. The van der Waals surface area contributed by atoms with E-state index in [2.05, 4.69) is 15.0 Å². The molecule has 3 rings (SSSR count). The van der Waals surface area contributed by atoms with Gasteiger partial charge in [0.25, 0.3) is 0 Å². The van der Waals surface area contributed by atoms with Gasteiger partial charge in [-0.25, -0.2) is 0 Å². The molecule has 0 unspecified atom stereocenters. The molecule has 0 aliphatic rings. The highest BCUT2D eigenvalue weighted by Crippen LogP contribution is 2.44. The number of hydrogen-bond acceptors (Lipinski definition) is 9. The number of aromatic hydroxyl groups is 1. The maximum atomic E-state index is 12.6. The topological polar surface area (TPSA) is 145 Å². The first-order chi connectivity index (χ1) is 16.3. The van der Waals surface area contributed by atoms with E-state index < -0.39 is 11.9 Å². The van der Waals surface area contributed by atoms with Gasteiger partial charge in [-0.15, -0.1) is 0 Å². The van der Waals surface area contributed by atoms with Crippen molar-refractivity contribution >= 4 is 29.0 Å². The summed E-state index contributed by atoms with van der Waals surface area (Å²) in [6.07, 6.45) is 1.55. The lowest BCUT2D eigenvalue weighted by atomic mass is 10.0. The first-order valence-corrected chi connectivity index (χ1v) is 11.0. The second kappa shape index (κ2) is 10.9. The fraction of sp³-hybridized carbons (Fsp3) is 0.261. The monoisotopic (exact) mass is 486 g/mol. The Balaban J connectivity index is 1.98. The lowest BCUT2D eigenvalue weighted by Crippen LogP contribution is -2.39. The zero-order valence-electron chi connectivity index (χ0n) is 19.2. The quantitative estimate of drug-likeness (QED) is 0.361. The van der Waals surface area contributed by atoms with Crippen LogP contribution in [0.3, 0.4) is 0 Å². The van der Waals surface area contributed by atoms with Crippen LogP contribution in [-0.2, 0) is 9.59 Å². The number of carbonyl (C=O) groups is 2. The van der Waals surface area contributed by atoms with Crippen molar-refractivity contribution in [3.05, 3.63) is 36.5 Å². The molecule has 3 aromatic rings. The van der Waals surface area contributed by atoms with E-state index in [4.69, 9.17) is 19.9 Å². The molecule has 0 aliphatic carbocycles. The van der Waals surface area contributed by atoms with E-state index in [0.29, 0.717) is 22.7 Å². The molecule has 2 aromatic carbocycles. The Kier molecular flexibility index (Phi) is 7.92. The fourth-order valence-electron chi connectivity index (χ4n) is 3.32. The Morgan fingerprint density at radius 2 is 1.82 bits per heavy atom. The highest BCUT2D eigenvalue weighted by Gasteiger charge is 2.21. The van der Waals surface area contributed by atoms with Crippen molar-refractivity contribution in [2.75, 3.05) is 33.7 Å². The second-order valence-electron chi connectivity index (χ2n) is 7.19. The number of benzene rings is 2.